The molecule has 0 atom stereocenters. The largest absolute Gasteiger partial charge is 0.491 e. The van der Waals surface area contributed by atoms with Gasteiger partial charge >= 0.3 is 0 Å². The summed E-state index contributed by atoms with van der Waals surface area (Å²) in [7, 11) is 0. The second-order valence-corrected chi connectivity index (χ2v) is 5.57. The van der Waals surface area contributed by atoms with E-state index in [9.17, 15) is 0 Å². The van der Waals surface area contributed by atoms with Crippen molar-refractivity contribution in [2.45, 2.75) is 38.6 Å². The molecule has 1 aromatic carbocycles. The van der Waals surface area contributed by atoms with Crippen LogP contribution in [0.3, 0.4) is 0 Å². The van der Waals surface area contributed by atoms with Crippen molar-refractivity contribution >= 4 is 15.9 Å². The third-order valence-corrected chi connectivity index (χ3v) is 3.85. The average molecular weight is 298 g/mol. The van der Waals surface area contributed by atoms with E-state index < -0.39 is 0 Å². The minimum absolute atomic E-state index is 0.722. The molecule has 2 nitrogen and oxygen atoms in total. The molecule has 0 amide bonds. The number of benzene rings is 1. The summed E-state index contributed by atoms with van der Waals surface area (Å²) in [5.74, 6) is 0.934. The first-order chi connectivity index (χ1) is 8.25. The lowest BCUT2D eigenvalue weighted by Gasteiger charge is -2.13. The second-order valence-electron chi connectivity index (χ2n) is 4.72. The number of hydrogen-bond acceptors (Lipinski definition) is 2. The number of ether oxygens (including phenoxy) is 1. The van der Waals surface area contributed by atoms with Gasteiger partial charge in [-0.15, -0.1) is 0 Å². The molecule has 0 aromatic heterocycles. The molecule has 0 saturated heterocycles. The summed E-state index contributed by atoms with van der Waals surface area (Å²) in [5, 5.41) is 3.54. The Morgan fingerprint density at radius 1 is 1.35 bits per heavy atom. The highest BCUT2D eigenvalue weighted by Crippen LogP contribution is 2.25. The number of rotatable bonds is 5. The van der Waals surface area contributed by atoms with Gasteiger partial charge in [0, 0.05) is 12.6 Å². The van der Waals surface area contributed by atoms with Crippen LogP contribution in [0.25, 0.3) is 0 Å². The third-order valence-electron chi connectivity index (χ3n) is 3.24. The van der Waals surface area contributed by atoms with Crippen LogP contribution in [0.1, 0.15) is 31.2 Å². The van der Waals surface area contributed by atoms with Gasteiger partial charge in [0.1, 0.15) is 12.4 Å². The summed E-state index contributed by atoms with van der Waals surface area (Å²) in [6.07, 6.45) is 5.41. The van der Waals surface area contributed by atoms with Crippen molar-refractivity contribution in [3.63, 3.8) is 0 Å². The minimum atomic E-state index is 0.722. The molecule has 1 saturated carbocycles. The van der Waals surface area contributed by atoms with Crippen LogP contribution in [-0.4, -0.2) is 19.2 Å². The van der Waals surface area contributed by atoms with Gasteiger partial charge in [-0.05, 0) is 53.4 Å². The van der Waals surface area contributed by atoms with Crippen LogP contribution in [0.4, 0.5) is 0 Å². The fraction of sp³-hybridized carbons (Fsp3) is 0.571. The van der Waals surface area contributed by atoms with Gasteiger partial charge in [0.2, 0.25) is 0 Å². The average Bonchev–Trinajstić information content (AvgIpc) is 2.79. The van der Waals surface area contributed by atoms with Crippen LogP contribution in [0.15, 0.2) is 22.7 Å². The standard InChI is InChI=1S/C14H20BrNO/c1-11-6-7-14(13(15)10-11)17-9-8-16-12-4-2-3-5-12/h6-7,10,12,16H,2-5,8-9H2,1H3. The van der Waals surface area contributed by atoms with E-state index in [1.54, 1.807) is 0 Å². The van der Waals surface area contributed by atoms with Crippen molar-refractivity contribution in [1.29, 1.82) is 0 Å². The van der Waals surface area contributed by atoms with Gasteiger partial charge in [0.15, 0.2) is 0 Å². The predicted octanol–water partition coefficient (Wildman–Crippen LogP) is 3.67. The van der Waals surface area contributed by atoms with Crippen molar-refractivity contribution in [2.75, 3.05) is 13.2 Å². The summed E-state index contributed by atoms with van der Waals surface area (Å²) in [4.78, 5) is 0. The van der Waals surface area contributed by atoms with Crippen LogP contribution in [0, 0.1) is 6.92 Å². The Balaban J connectivity index is 1.70. The Morgan fingerprint density at radius 2 is 2.12 bits per heavy atom. The van der Waals surface area contributed by atoms with E-state index >= 15 is 0 Å². The number of nitrogens with one attached hydrogen (secondary N) is 1. The Bertz CT molecular complexity index is 361. The zero-order chi connectivity index (χ0) is 12.1. The fourth-order valence-electron chi connectivity index (χ4n) is 2.28. The zero-order valence-electron chi connectivity index (χ0n) is 10.3. The maximum atomic E-state index is 5.74. The summed E-state index contributed by atoms with van der Waals surface area (Å²) in [6.45, 7) is 3.75. The molecule has 0 spiro atoms. The molecule has 0 unspecified atom stereocenters. The molecule has 2 rings (SSSR count). The Kier molecular flexibility index (Phi) is 4.86. The highest BCUT2D eigenvalue weighted by Gasteiger charge is 2.13. The lowest BCUT2D eigenvalue weighted by atomic mass is 10.2. The lowest BCUT2D eigenvalue weighted by Crippen LogP contribution is -2.30. The normalized spacial score (nSPS) is 16.4. The molecule has 1 aliphatic carbocycles. The Labute approximate surface area is 112 Å². The summed E-state index contributed by atoms with van der Waals surface area (Å²) >= 11 is 3.52. The second kappa shape index (κ2) is 6.41. The monoisotopic (exact) mass is 297 g/mol. The van der Waals surface area contributed by atoms with Crippen LogP contribution < -0.4 is 10.1 Å². The van der Waals surface area contributed by atoms with Crippen molar-refractivity contribution in [2.24, 2.45) is 0 Å². The van der Waals surface area contributed by atoms with Crippen LogP contribution >= 0.6 is 15.9 Å². The number of hydrogen-bond donors (Lipinski definition) is 1. The molecular weight excluding hydrogens is 278 g/mol. The van der Waals surface area contributed by atoms with Gasteiger partial charge in [0.05, 0.1) is 4.47 Å². The van der Waals surface area contributed by atoms with Crippen molar-refractivity contribution in [3.05, 3.63) is 28.2 Å². The maximum absolute atomic E-state index is 5.74. The first-order valence-corrected chi connectivity index (χ1v) is 7.17. The predicted molar refractivity (Wildman–Crippen MR) is 74.6 cm³/mol. The molecule has 1 fully saturated rings. The Morgan fingerprint density at radius 3 is 2.82 bits per heavy atom. The van der Waals surface area contributed by atoms with Crippen LogP contribution in [0.2, 0.25) is 0 Å². The zero-order valence-corrected chi connectivity index (χ0v) is 11.9. The first-order valence-electron chi connectivity index (χ1n) is 6.38. The van der Waals surface area contributed by atoms with Crippen molar-refractivity contribution in [3.8, 4) is 5.75 Å². The molecule has 94 valence electrons. The number of halogens is 1. The van der Waals surface area contributed by atoms with Crippen LogP contribution in [0.5, 0.6) is 5.75 Å². The summed E-state index contributed by atoms with van der Waals surface area (Å²) in [6, 6.07) is 6.90. The maximum Gasteiger partial charge on any atom is 0.133 e. The summed E-state index contributed by atoms with van der Waals surface area (Å²) < 4.78 is 6.78. The topological polar surface area (TPSA) is 21.3 Å². The van der Waals surface area contributed by atoms with Crippen molar-refractivity contribution < 1.29 is 4.74 Å². The van der Waals surface area contributed by atoms with Gasteiger partial charge < -0.3 is 10.1 Å². The fourth-order valence-corrected chi connectivity index (χ4v) is 2.88. The minimum Gasteiger partial charge on any atom is -0.491 e. The van der Waals surface area contributed by atoms with E-state index in [2.05, 4.69) is 40.3 Å². The molecular formula is C14H20BrNO. The quantitative estimate of drug-likeness (QED) is 0.838. The highest BCUT2D eigenvalue weighted by molar-refractivity contribution is 9.10. The first kappa shape index (κ1) is 12.9. The van der Waals surface area contributed by atoms with E-state index in [1.807, 2.05) is 6.07 Å². The third kappa shape index (κ3) is 4.00. The van der Waals surface area contributed by atoms with Gasteiger partial charge in [-0.2, -0.15) is 0 Å². The van der Waals surface area contributed by atoms with E-state index in [1.165, 1.54) is 31.2 Å². The van der Waals surface area contributed by atoms with E-state index in [4.69, 9.17) is 4.74 Å². The van der Waals surface area contributed by atoms with Crippen molar-refractivity contribution in [1.82, 2.24) is 5.32 Å². The molecule has 1 N–H and O–H groups in total. The molecule has 0 radical (unpaired) electrons. The van der Waals surface area contributed by atoms with Crippen LogP contribution in [-0.2, 0) is 0 Å². The molecule has 1 aromatic rings. The molecule has 0 heterocycles. The SMILES string of the molecule is Cc1ccc(OCCNC2CCCC2)c(Br)c1. The van der Waals surface area contributed by atoms with Gasteiger partial charge in [0.25, 0.3) is 0 Å². The smallest absolute Gasteiger partial charge is 0.133 e. The van der Waals surface area contributed by atoms with Gasteiger partial charge in [-0.3, -0.25) is 0 Å². The summed E-state index contributed by atoms with van der Waals surface area (Å²) in [5.41, 5.74) is 1.24. The molecule has 3 heteroatoms. The van der Waals surface area contributed by atoms with Gasteiger partial charge in [-0.25, -0.2) is 0 Å². The van der Waals surface area contributed by atoms with E-state index in [-0.39, 0.29) is 0 Å². The van der Waals surface area contributed by atoms with E-state index in [0.717, 1.165) is 29.4 Å². The highest BCUT2D eigenvalue weighted by atomic mass is 79.9. The lowest BCUT2D eigenvalue weighted by molar-refractivity contribution is 0.303. The molecule has 1 aliphatic rings. The van der Waals surface area contributed by atoms with E-state index in [0.29, 0.717) is 0 Å². The van der Waals surface area contributed by atoms with Gasteiger partial charge in [-0.1, -0.05) is 18.9 Å². The molecule has 17 heavy (non-hydrogen) atoms. The molecule has 0 bridgehead atoms. The molecule has 0 aliphatic heterocycles. The Hall–Kier alpha value is -0.540. The number of aryl methyl sites for hydroxylation is 1.